The van der Waals surface area contributed by atoms with Crippen molar-refractivity contribution in [1.82, 2.24) is 29.3 Å². The van der Waals surface area contributed by atoms with E-state index in [0.717, 1.165) is 11.3 Å². The first kappa shape index (κ1) is 29.5. The van der Waals surface area contributed by atoms with Crippen LogP contribution in [0.3, 0.4) is 0 Å². The highest BCUT2D eigenvalue weighted by atomic mass is 16.4. The third kappa shape index (κ3) is 5.84. The summed E-state index contributed by atoms with van der Waals surface area (Å²) in [5.74, 6) is -1.29. The van der Waals surface area contributed by atoms with Crippen LogP contribution in [-0.4, -0.2) is 61.0 Å². The molecule has 0 aliphatic carbocycles. The summed E-state index contributed by atoms with van der Waals surface area (Å²) in [5, 5.41) is 12.6. The fourth-order valence-corrected chi connectivity index (χ4v) is 5.13. The molecule has 1 saturated heterocycles. The van der Waals surface area contributed by atoms with Gasteiger partial charge >= 0.3 is 11.8 Å². The van der Waals surface area contributed by atoms with E-state index in [1.54, 1.807) is 40.4 Å². The molecule has 1 aromatic carbocycles. The highest BCUT2D eigenvalue weighted by Gasteiger charge is 2.37. The number of nitrogens with two attached hydrogens (primary N) is 1. The van der Waals surface area contributed by atoms with Gasteiger partial charge in [0.05, 0.1) is 18.1 Å². The van der Waals surface area contributed by atoms with Gasteiger partial charge in [0, 0.05) is 42.6 Å². The summed E-state index contributed by atoms with van der Waals surface area (Å²) in [6.07, 6.45) is 3.42. The number of imide groups is 1. The number of urea groups is 1. The van der Waals surface area contributed by atoms with Crippen molar-refractivity contribution >= 4 is 45.7 Å². The van der Waals surface area contributed by atoms with Crippen LogP contribution in [0.5, 0.6) is 0 Å². The predicted molar refractivity (Wildman–Crippen MR) is 157 cm³/mol. The summed E-state index contributed by atoms with van der Waals surface area (Å²) in [6, 6.07) is 7.63. The number of hydrogen-bond acceptors (Lipinski definition) is 9. The van der Waals surface area contributed by atoms with Gasteiger partial charge in [-0.3, -0.25) is 24.0 Å². The molecule has 0 bridgehead atoms. The van der Waals surface area contributed by atoms with Crippen LogP contribution in [-0.2, 0) is 24.9 Å². The zero-order valence-electron chi connectivity index (χ0n) is 24.2. The predicted octanol–water partition coefficient (Wildman–Crippen LogP) is 2.25. The first-order valence-corrected chi connectivity index (χ1v) is 14.1. The van der Waals surface area contributed by atoms with Crippen molar-refractivity contribution in [2.75, 3.05) is 18.0 Å². The zero-order valence-corrected chi connectivity index (χ0v) is 24.2. The molecule has 3 N–H and O–H groups in total. The number of rotatable bonds is 11. The van der Waals surface area contributed by atoms with E-state index in [-0.39, 0.29) is 24.8 Å². The Labute approximate surface area is 246 Å². The summed E-state index contributed by atoms with van der Waals surface area (Å²) in [5.41, 5.74) is 7.95. The number of nitrogens with zero attached hydrogens (tertiary/aromatic N) is 7. The molecule has 1 fully saturated rings. The Morgan fingerprint density at radius 1 is 1.21 bits per heavy atom. The van der Waals surface area contributed by atoms with Gasteiger partial charge in [-0.2, -0.15) is 5.26 Å². The maximum absolute atomic E-state index is 13.4. The highest BCUT2D eigenvalue weighted by molar-refractivity contribution is 6.12. The molecule has 3 aromatic heterocycles. The molecular weight excluding hydrogens is 554 g/mol. The van der Waals surface area contributed by atoms with Gasteiger partial charge in [-0.15, -0.1) is 0 Å². The molecule has 1 aliphatic heterocycles. The Morgan fingerprint density at radius 3 is 2.72 bits per heavy atom. The average molecular weight is 588 g/mol. The Kier molecular flexibility index (Phi) is 8.27. The number of amides is 4. The van der Waals surface area contributed by atoms with Crippen LogP contribution in [0, 0.1) is 17.2 Å². The Balaban J connectivity index is 1.33. The molecule has 4 aromatic rings. The van der Waals surface area contributed by atoms with Crippen LogP contribution in [0.4, 0.5) is 10.5 Å². The van der Waals surface area contributed by atoms with Gasteiger partial charge in [-0.1, -0.05) is 13.8 Å². The molecular formula is C29H33N9O5. The lowest BCUT2D eigenvalue weighted by molar-refractivity contribution is -0.125. The molecule has 14 heteroatoms. The van der Waals surface area contributed by atoms with Gasteiger partial charge in [-0.05, 0) is 49.9 Å². The van der Waals surface area contributed by atoms with E-state index in [0.29, 0.717) is 59.4 Å². The second-order valence-electron chi connectivity index (χ2n) is 11.0. The number of hydrogen-bond donors (Lipinski definition) is 2. The summed E-state index contributed by atoms with van der Waals surface area (Å²) >= 11 is 0. The van der Waals surface area contributed by atoms with Crippen LogP contribution >= 0.6 is 0 Å². The van der Waals surface area contributed by atoms with Gasteiger partial charge in [0.1, 0.15) is 18.2 Å². The lowest BCUT2D eigenvalue weighted by atomic mass is 10.1. The molecule has 5 rings (SSSR count). The maximum Gasteiger partial charge on any atom is 0.419 e. The Hall–Kier alpha value is -5.03. The van der Waals surface area contributed by atoms with Gasteiger partial charge in [0.2, 0.25) is 5.82 Å². The average Bonchev–Trinajstić information content (AvgIpc) is 3.57. The van der Waals surface area contributed by atoms with E-state index < -0.39 is 29.6 Å². The number of aromatic nitrogens is 4. The quantitative estimate of drug-likeness (QED) is 0.196. The van der Waals surface area contributed by atoms with Gasteiger partial charge < -0.3 is 20.0 Å². The first-order valence-electron chi connectivity index (χ1n) is 14.1. The van der Waals surface area contributed by atoms with Crippen molar-refractivity contribution in [2.24, 2.45) is 18.7 Å². The Morgan fingerprint density at radius 2 is 2.00 bits per heavy atom. The number of oxazole rings is 1. The number of anilines is 1. The third-order valence-corrected chi connectivity index (χ3v) is 7.37. The fraction of sp³-hybridized carbons (Fsp3) is 0.414. The summed E-state index contributed by atoms with van der Waals surface area (Å²) < 4.78 is 8.66. The van der Waals surface area contributed by atoms with Crippen molar-refractivity contribution in [1.29, 1.82) is 5.26 Å². The van der Waals surface area contributed by atoms with Crippen LogP contribution in [0.2, 0.25) is 0 Å². The van der Waals surface area contributed by atoms with Crippen molar-refractivity contribution in [3.63, 3.8) is 0 Å². The number of carbonyl (C=O) groups excluding carboxylic acids is 3. The van der Waals surface area contributed by atoms with Gasteiger partial charge in [0.25, 0.3) is 11.8 Å². The smallest absolute Gasteiger partial charge is 0.408 e. The van der Waals surface area contributed by atoms with Crippen molar-refractivity contribution in [2.45, 2.75) is 52.2 Å². The lowest BCUT2D eigenvalue weighted by Gasteiger charge is -2.17. The molecule has 0 radical (unpaired) electrons. The summed E-state index contributed by atoms with van der Waals surface area (Å²) in [4.78, 5) is 62.5. The summed E-state index contributed by atoms with van der Waals surface area (Å²) in [6.45, 7) is 4.81. The van der Waals surface area contributed by atoms with Crippen LogP contribution in [0.25, 0.3) is 22.1 Å². The molecule has 43 heavy (non-hydrogen) atoms. The topological polar surface area (TPSA) is 185 Å². The van der Waals surface area contributed by atoms with E-state index in [1.165, 1.54) is 11.1 Å². The maximum atomic E-state index is 13.4. The van der Waals surface area contributed by atoms with Crippen LogP contribution < -0.4 is 21.7 Å². The number of nitriles is 1. The lowest BCUT2D eigenvalue weighted by Crippen LogP contribution is -2.35. The number of fused-ring (bicyclic) bond motifs is 2. The largest absolute Gasteiger partial charge is 0.419 e. The molecule has 1 atom stereocenters. The van der Waals surface area contributed by atoms with E-state index in [9.17, 15) is 24.4 Å². The van der Waals surface area contributed by atoms with E-state index in [1.807, 2.05) is 13.8 Å². The Bertz CT molecular complexity index is 1810. The second-order valence-corrected chi connectivity index (χ2v) is 11.0. The minimum atomic E-state index is -0.686. The SMILES string of the molecule is CC(C)Cn1c(=O)oc2cc(N3CC(=O)N(Cc4cc5cnc(C(=O)N[C@H](C#N)CCCCN)nc5n4C)C3=O)ccc21. The molecule has 4 amide bonds. The number of unbranched alkanes of at least 4 members (excludes halogenated alkanes) is 1. The van der Waals surface area contributed by atoms with Gasteiger partial charge in [0.15, 0.2) is 5.58 Å². The molecule has 4 heterocycles. The van der Waals surface area contributed by atoms with Crippen LogP contribution in [0.15, 0.2) is 39.7 Å². The number of benzene rings is 1. The van der Waals surface area contributed by atoms with Crippen molar-refractivity contribution in [3.8, 4) is 6.07 Å². The van der Waals surface area contributed by atoms with E-state index >= 15 is 0 Å². The minimum Gasteiger partial charge on any atom is -0.408 e. The fourth-order valence-electron chi connectivity index (χ4n) is 5.13. The van der Waals surface area contributed by atoms with E-state index in [2.05, 4.69) is 21.4 Å². The molecule has 0 unspecified atom stereocenters. The van der Waals surface area contributed by atoms with Gasteiger partial charge in [-0.25, -0.2) is 19.6 Å². The zero-order chi connectivity index (χ0) is 30.8. The normalized spacial score (nSPS) is 14.3. The van der Waals surface area contributed by atoms with E-state index in [4.69, 9.17) is 10.2 Å². The van der Waals surface area contributed by atoms with Crippen molar-refractivity contribution < 1.29 is 18.8 Å². The highest BCUT2D eigenvalue weighted by Crippen LogP contribution is 2.27. The molecule has 0 saturated carbocycles. The molecule has 1 aliphatic rings. The van der Waals surface area contributed by atoms with Crippen LogP contribution in [0.1, 0.15) is 49.4 Å². The molecule has 14 nitrogen and oxygen atoms in total. The third-order valence-electron chi connectivity index (χ3n) is 7.37. The monoisotopic (exact) mass is 587 g/mol. The number of aryl methyl sites for hydroxylation is 1. The molecule has 224 valence electrons. The number of carbonyl (C=O) groups is 3. The summed E-state index contributed by atoms with van der Waals surface area (Å²) in [7, 11) is 1.72. The van der Waals surface area contributed by atoms with Crippen molar-refractivity contribution in [3.05, 3.63) is 52.5 Å². The number of nitrogens with one attached hydrogen (secondary N) is 1. The molecule has 0 spiro atoms. The standard InChI is InChI=1S/C29H33N9O5/c1-17(2)14-37-22-8-7-20(11-23(22)43-29(37)42)36-16-24(39)38(28(36)41)15-21-10-18-13-32-25(34-26(18)35(21)3)27(40)33-19(12-31)6-4-5-9-30/h7-8,10-11,13,17,19H,4-6,9,14-16,30H2,1-3H3,(H,33,40)/t19-/m0/s1. The first-order chi connectivity index (χ1) is 20.6. The minimum absolute atomic E-state index is 0.0255. The second kappa shape index (κ2) is 12.1.